The van der Waals surface area contributed by atoms with E-state index in [1.807, 2.05) is 6.92 Å². The summed E-state index contributed by atoms with van der Waals surface area (Å²) in [6.07, 6.45) is 8.37. The van der Waals surface area contributed by atoms with E-state index in [9.17, 15) is 9.90 Å². The van der Waals surface area contributed by atoms with E-state index in [-0.39, 0.29) is 18.0 Å². The topological polar surface area (TPSA) is 46.5 Å². The van der Waals surface area contributed by atoms with Gasteiger partial charge in [-0.3, -0.25) is 4.79 Å². The Balaban J connectivity index is 4.94. The highest BCUT2D eigenvalue weighted by Gasteiger charge is 2.38. The molecule has 0 fully saturated rings. The summed E-state index contributed by atoms with van der Waals surface area (Å²) in [5.41, 5.74) is -0.863. The summed E-state index contributed by atoms with van der Waals surface area (Å²) in [5.74, 6) is -0.133. The van der Waals surface area contributed by atoms with Crippen molar-refractivity contribution < 1.29 is 14.6 Å². The Kier molecular flexibility index (Phi) is 11.6. The van der Waals surface area contributed by atoms with Crippen LogP contribution in [0.15, 0.2) is 0 Å². The number of aliphatic hydroxyl groups is 1. The normalized spacial score (nSPS) is 14.6. The third-order valence-electron chi connectivity index (χ3n) is 4.51. The second kappa shape index (κ2) is 11.9. The smallest absolute Gasteiger partial charge is 0.309 e. The third kappa shape index (κ3) is 7.13. The molecule has 2 atom stereocenters. The minimum absolute atomic E-state index is 0.0215. The Bertz CT molecular complexity index is 282. The number of ether oxygens (including phenoxy) is 1. The van der Waals surface area contributed by atoms with Crippen LogP contribution >= 0.6 is 0 Å². The minimum atomic E-state index is -0.863. The molecule has 132 valence electrons. The van der Waals surface area contributed by atoms with Gasteiger partial charge < -0.3 is 9.84 Å². The monoisotopic (exact) mass is 314 g/mol. The predicted octanol–water partition coefficient (Wildman–Crippen LogP) is 5.25. The molecule has 0 heterocycles. The Morgan fingerprint density at radius 3 is 1.95 bits per heavy atom. The van der Waals surface area contributed by atoms with E-state index < -0.39 is 5.60 Å². The first kappa shape index (κ1) is 21.4. The van der Waals surface area contributed by atoms with E-state index in [1.165, 1.54) is 0 Å². The van der Waals surface area contributed by atoms with Gasteiger partial charge in [0.1, 0.15) is 11.7 Å². The van der Waals surface area contributed by atoms with E-state index in [0.29, 0.717) is 12.8 Å². The van der Waals surface area contributed by atoms with Gasteiger partial charge in [0.05, 0.1) is 5.92 Å². The van der Waals surface area contributed by atoms with E-state index >= 15 is 0 Å². The average Bonchev–Trinajstić information content (AvgIpc) is 2.48. The van der Waals surface area contributed by atoms with Gasteiger partial charge >= 0.3 is 5.97 Å². The van der Waals surface area contributed by atoms with Crippen LogP contribution in [0, 0.1) is 5.92 Å². The first-order chi connectivity index (χ1) is 10.5. The van der Waals surface area contributed by atoms with Crippen molar-refractivity contribution in [3.8, 4) is 0 Å². The molecule has 0 spiro atoms. The zero-order chi connectivity index (χ0) is 17.0. The van der Waals surface area contributed by atoms with Gasteiger partial charge in [-0.15, -0.1) is 0 Å². The highest BCUT2D eigenvalue weighted by atomic mass is 16.6. The van der Waals surface area contributed by atoms with Crippen LogP contribution in [-0.4, -0.2) is 22.8 Å². The number of rotatable bonds is 13. The largest absolute Gasteiger partial charge is 0.459 e. The molecule has 0 aromatic heterocycles. The van der Waals surface area contributed by atoms with Gasteiger partial charge in [0.2, 0.25) is 0 Å². The first-order valence-corrected chi connectivity index (χ1v) is 9.41. The van der Waals surface area contributed by atoms with Crippen molar-refractivity contribution in [3.63, 3.8) is 0 Å². The molecule has 22 heavy (non-hydrogen) atoms. The number of carbonyl (C=O) groups excluding carboxylic acids is 1. The molecule has 0 bridgehead atoms. The summed E-state index contributed by atoms with van der Waals surface area (Å²) in [7, 11) is 0. The molecule has 1 N–H and O–H groups in total. The number of carbonyl (C=O) groups is 1. The predicted molar refractivity (Wildman–Crippen MR) is 92.9 cm³/mol. The van der Waals surface area contributed by atoms with Crippen LogP contribution in [0.1, 0.15) is 98.8 Å². The quantitative estimate of drug-likeness (QED) is 0.472. The second-order valence-electron chi connectivity index (χ2n) is 6.57. The molecule has 2 unspecified atom stereocenters. The molecule has 3 nitrogen and oxygen atoms in total. The van der Waals surface area contributed by atoms with Crippen LogP contribution in [0.3, 0.4) is 0 Å². The van der Waals surface area contributed by atoms with Crippen LogP contribution in [0.25, 0.3) is 0 Å². The fourth-order valence-corrected chi connectivity index (χ4v) is 3.19. The van der Waals surface area contributed by atoms with Crippen molar-refractivity contribution in [2.75, 3.05) is 0 Å². The summed E-state index contributed by atoms with van der Waals surface area (Å²) in [6, 6.07) is 0. The molecule has 0 saturated carbocycles. The maximum Gasteiger partial charge on any atom is 0.309 e. The summed E-state index contributed by atoms with van der Waals surface area (Å²) in [6.45, 7) is 10.4. The van der Waals surface area contributed by atoms with Crippen LogP contribution in [0.4, 0.5) is 0 Å². The fraction of sp³-hybridized carbons (Fsp3) is 0.947. The number of unbranched alkanes of at least 4 members (excludes halogenated alkanes) is 1. The lowest BCUT2D eigenvalue weighted by molar-refractivity contribution is -0.173. The maximum absolute atomic E-state index is 12.5. The molecule has 3 heteroatoms. The molecule has 0 aromatic carbocycles. The molecular weight excluding hydrogens is 276 g/mol. The molecule has 0 saturated heterocycles. The van der Waals surface area contributed by atoms with Crippen molar-refractivity contribution in [3.05, 3.63) is 0 Å². The van der Waals surface area contributed by atoms with Crippen LogP contribution in [-0.2, 0) is 9.53 Å². The number of hydrogen-bond acceptors (Lipinski definition) is 3. The molecule has 0 aliphatic rings. The van der Waals surface area contributed by atoms with Crippen LogP contribution < -0.4 is 0 Å². The molecule has 0 rings (SSSR count). The highest BCUT2D eigenvalue weighted by Crippen LogP contribution is 2.30. The Hall–Kier alpha value is -0.570. The van der Waals surface area contributed by atoms with Crippen LogP contribution in [0.2, 0.25) is 0 Å². The lowest BCUT2D eigenvalue weighted by Gasteiger charge is -2.36. The van der Waals surface area contributed by atoms with Crippen molar-refractivity contribution in [2.45, 2.75) is 111 Å². The number of esters is 1. The van der Waals surface area contributed by atoms with E-state index in [1.54, 1.807) is 0 Å². The zero-order valence-electron chi connectivity index (χ0n) is 15.5. The van der Waals surface area contributed by atoms with Gasteiger partial charge in [-0.1, -0.05) is 66.7 Å². The summed E-state index contributed by atoms with van der Waals surface area (Å²) in [4.78, 5) is 12.5. The van der Waals surface area contributed by atoms with Gasteiger partial charge in [0.25, 0.3) is 0 Å². The highest BCUT2D eigenvalue weighted by molar-refractivity contribution is 5.72. The molecule has 0 aromatic rings. The minimum Gasteiger partial charge on any atom is -0.459 e. The first-order valence-electron chi connectivity index (χ1n) is 9.41. The second-order valence-corrected chi connectivity index (χ2v) is 6.57. The van der Waals surface area contributed by atoms with Gasteiger partial charge in [-0.2, -0.15) is 0 Å². The van der Waals surface area contributed by atoms with Crippen molar-refractivity contribution in [1.29, 1.82) is 0 Å². The SMILES string of the molecule is CCCCC(CC)C(=O)OC(CCC)C(O)(CCC)CCC. The van der Waals surface area contributed by atoms with Gasteiger partial charge in [0.15, 0.2) is 0 Å². The van der Waals surface area contributed by atoms with Gasteiger partial charge in [-0.25, -0.2) is 0 Å². The maximum atomic E-state index is 12.5. The Morgan fingerprint density at radius 1 is 0.955 bits per heavy atom. The average molecular weight is 315 g/mol. The van der Waals surface area contributed by atoms with E-state index in [0.717, 1.165) is 51.4 Å². The molecule has 0 radical (unpaired) electrons. The lowest BCUT2D eigenvalue weighted by atomic mass is 9.84. The third-order valence-corrected chi connectivity index (χ3v) is 4.51. The number of hydrogen-bond donors (Lipinski definition) is 1. The summed E-state index contributed by atoms with van der Waals surface area (Å²) < 4.78 is 5.82. The van der Waals surface area contributed by atoms with Crippen molar-refractivity contribution in [2.24, 2.45) is 5.92 Å². The lowest BCUT2D eigenvalue weighted by Crippen LogP contribution is -2.45. The molecule has 0 aliphatic heterocycles. The molecule has 0 aliphatic carbocycles. The van der Waals surface area contributed by atoms with E-state index in [2.05, 4.69) is 27.7 Å². The summed E-state index contributed by atoms with van der Waals surface area (Å²) >= 11 is 0. The molecular formula is C19H38O3. The Morgan fingerprint density at radius 2 is 1.55 bits per heavy atom. The van der Waals surface area contributed by atoms with Crippen molar-refractivity contribution >= 4 is 5.97 Å². The van der Waals surface area contributed by atoms with Gasteiger partial charge in [-0.05, 0) is 32.1 Å². The van der Waals surface area contributed by atoms with Gasteiger partial charge in [0, 0.05) is 0 Å². The standard InChI is InChI=1S/C19H38O3/c1-6-11-13-16(10-5)18(20)22-17(12-7-2)19(21,14-8-3)15-9-4/h16-17,21H,6-15H2,1-5H3. The fourth-order valence-electron chi connectivity index (χ4n) is 3.19. The van der Waals surface area contributed by atoms with Crippen LogP contribution in [0.5, 0.6) is 0 Å². The molecule has 0 amide bonds. The Labute approximate surface area is 137 Å². The van der Waals surface area contributed by atoms with E-state index in [4.69, 9.17) is 4.74 Å². The van der Waals surface area contributed by atoms with Crippen molar-refractivity contribution in [1.82, 2.24) is 0 Å². The zero-order valence-corrected chi connectivity index (χ0v) is 15.5. The summed E-state index contributed by atoms with van der Waals surface area (Å²) in [5, 5.41) is 11.0.